The summed E-state index contributed by atoms with van der Waals surface area (Å²) in [4.78, 5) is 12.6. The molecule has 0 bridgehead atoms. The molecule has 0 aromatic carbocycles. The molecule has 0 aliphatic heterocycles. The molecule has 0 spiro atoms. The molecule has 0 aromatic rings. The number of aliphatic hydroxyl groups excluding tert-OH is 2. The van der Waals surface area contributed by atoms with Gasteiger partial charge < -0.3 is 10.2 Å². The number of hydrogen-bond donors (Lipinski definition) is 2. The minimum Gasteiger partial charge on any atom is -0.393 e. The third-order valence-corrected chi connectivity index (χ3v) is 9.00. The molecule has 2 N–H and O–H groups in total. The Morgan fingerprint density at radius 3 is 2.55 bits per heavy atom. The monoisotopic (exact) mass is 424 g/mol. The summed E-state index contributed by atoms with van der Waals surface area (Å²) in [6.45, 7) is 10.7. The number of hydrogen-bond acceptors (Lipinski definition) is 3. The van der Waals surface area contributed by atoms with Crippen molar-refractivity contribution in [2.24, 2.45) is 22.7 Å². The first-order chi connectivity index (χ1) is 14.6. The first-order valence-electron chi connectivity index (χ1n) is 12.3. The van der Waals surface area contributed by atoms with Gasteiger partial charge in [-0.3, -0.25) is 4.79 Å². The quantitative estimate of drug-likeness (QED) is 0.560. The van der Waals surface area contributed by atoms with Gasteiger partial charge in [-0.2, -0.15) is 0 Å². The van der Waals surface area contributed by atoms with Crippen molar-refractivity contribution >= 4 is 5.78 Å². The second kappa shape index (κ2) is 8.48. The van der Waals surface area contributed by atoms with E-state index in [0.29, 0.717) is 35.9 Å². The van der Waals surface area contributed by atoms with Gasteiger partial charge >= 0.3 is 0 Å². The second-order valence-corrected chi connectivity index (χ2v) is 11.4. The van der Waals surface area contributed by atoms with Crippen molar-refractivity contribution in [1.29, 1.82) is 0 Å². The number of carbonyl (C=O) groups is 1. The average molecular weight is 425 g/mol. The van der Waals surface area contributed by atoms with Crippen LogP contribution in [0.3, 0.4) is 0 Å². The summed E-state index contributed by atoms with van der Waals surface area (Å²) in [5.74, 6) is 1.61. The van der Waals surface area contributed by atoms with Gasteiger partial charge in [0.25, 0.3) is 0 Å². The van der Waals surface area contributed by atoms with E-state index in [1.165, 1.54) is 31.3 Å². The van der Waals surface area contributed by atoms with Gasteiger partial charge in [-0.15, -0.1) is 0 Å². The molecule has 3 heteroatoms. The Bertz CT molecular complexity index is 842. The van der Waals surface area contributed by atoms with Crippen molar-refractivity contribution in [2.45, 2.75) is 97.2 Å². The second-order valence-electron chi connectivity index (χ2n) is 11.4. The third-order valence-electron chi connectivity index (χ3n) is 9.00. The minimum absolute atomic E-state index is 0.174. The van der Waals surface area contributed by atoms with Crippen LogP contribution in [-0.4, -0.2) is 28.2 Å². The van der Waals surface area contributed by atoms with Gasteiger partial charge in [0.15, 0.2) is 5.78 Å². The normalized spacial score (nSPS) is 42.0. The molecule has 4 saturated carbocycles. The summed E-state index contributed by atoms with van der Waals surface area (Å²) in [6.07, 6.45) is 15.6. The fourth-order valence-corrected chi connectivity index (χ4v) is 6.79. The van der Waals surface area contributed by atoms with E-state index in [4.69, 9.17) is 0 Å². The van der Waals surface area contributed by atoms with E-state index in [1.54, 1.807) is 0 Å². The highest BCUT2D eigenvalue weighted by atomic mass is 16.3. The van der Waals surface area contributed by atoms with E-state index in [9.17, 15) is 15.0 Å². The van der Waals surface area contributed by atoms with Crippen LogP contribution in [0.4, 0.5) is 0 Å². The van der Waals surface area contributed by atoms with Crippen LogP contribution in [-0.2, 0) is 4.79 Å². The van der Waals surface area contributed by atoms with Crippen LogP contribution < -0.4 is 0 Å². The topological polar surface area (TPSA) is 57.5 Å². The number of ketones is 1. The molecular formula is C28H40O3. The molecule has 3 nitrogen and oxygen atoms in total. The van der Waals surface area contributed by atoms with Crippen LogP contribution in [0.15, 0.2) is 47.1 Å². The summed E-state index contributed by atoms with van der Waals surface area (Å²) >= 11 is 0. The van der Waals surface area contributed by atoms with E-state index in [1.807, 2.05) is 0 Å². The summed E-state index contributed by atoms with van der Waals surface area (Å²) < 4.78 is 0. The Labute approximate surface area is 188 Å². The standard InChI is InChI=1S/C28H40O3/c1-18-21(16-23(29)17-25(18)30)8-7-19-6-5-14-28(4)22(11-12-24(19)28)10-9-20-13-15-27(2,3)26(20)31/h7-9,22-25,29-30H,1,5-6,10-17H2,2-4H3/b19-7+,20-9+,21-8-. The van der Waals surface area contributed by atoms with E-state index in [0.717, 1.165) is 42.4 Å². The largest absolute Gasteiger partial charge is 0.393 e. The first kappa shape index (κ1) is 22.7. The van der Waals surface area contributed by atoms with Gasteiger partial charge in [0.1, 0.15) is 0 Å². The lowest BCUT2D eigenvalue weighted by Gasteiger charge is -2.42. The number of carbonyl (C=O) groups excluding carboxylic acids is 1. The van der Waals surface area contributed by atoms with Crippen LogP contribution in [0.1, 0.15) is 85.0 Å². The Balaban J connectivity index is 1.49. The number of fused-ring (bicyclic) bond motifs is 1. The van der Waals surface area contributed by atoms with Gasteiger partial charge in [-0.05, 0) is 91.8 Å². The fourth-order valence-electron chi connectivity index (χ4n) is 6.79. The van der Waals surface area contributed by atoms with Crippen molar-refractivity contribution in [1.82, 2.24) is 0 Å². The summed E-state index contributed by atoms with van der Waals surface area (Å²) in [6, 6.07) is 0. The zero-order valence-electron chi connectivity index (χ0n) is 19.6. The molecule has 5 unspecified atom stereocenters. The SMILES string of the molecule is C=C1/C(=C\C=C2/CCCC3(C)C(C/C=C4\CCC(C)(C)C4=O)CCC23)CC(O)CC1O. The van der Waals surface area contributed by atoms with Crippen molar-refractivity contribution in [2.75, 3.05) is 0 Å². The molecule has 31 heavy (non-hydrogen) atoms. The van der Waals surface area contributed by atoms with Crippen LogP contribution in [0, 0.1) is 22.7 Å². The highest BCUT2D eigenvalue weighted by Gasteiger charge is 2.48. The maximum atomic E-state index is 12.6. The Morgan fingerprint density at radius 2 is 1.84 bits per heavy atom. The molecule has 170 valence electrons. The van der Waals surface area contributed by atoms with Gasteiger partial charge in [-0.25, -0.2) is 0 Å². The van der Waals surface area contributed by atoms with Crippen molar-refractivity contribution in [3.8, 4) is 0 Å². The zero-order valence-corrected chi connectivity index (χ0v) is 19.6. The van der Waals surface area contributed by atoms with E-state index >= 15 is 0 Å². The number of allylic oxidation sites excluding steroid dienone is 5. The fraction of sp³-hybridized carbons (Fsp3) is 0.679. The molecule has 4 rings (SSSR count). The van der Waals surface area contributed by atoms with Crippen molar-refractivity contribution < 1.29 is 15.0 Å². The minimum atomic E-state index is -0.628. The summed E-state index contributed by atoms with van der Waals surface area (Å²) in [5, 5.41) is 20.2. The summed E-state index contributed by atoms with van der Waals surface area (Å²) in [7, 11) is 0. The average Bonchev–Trinajstić information content (AvgIpc) is 3.18. The maximum absolute atomic E-state index is 12.6. The van der Waals surface area contributed by atoms with Crippen LogP contribution in [0.5, 0.6) is 0 Å². The highest BCUT2D eigenvalue weighted by Crippen LogP contribution is 2.58. The molecule has 5 atom stereocenters. The lowest BCUT2D eigenvalue weighted by molar-refractivity contribution is -0.121. The molecular weight excluding hydrogens is 384 g/mol. The first-order valence-corrected chi connectivity index (χ1v) is 12.3. The predicted octanol–water partition coefficient (Wildman–Crippen LogP) is 5.83. The highest BCUT2D eigenvalue weighted by molar-refractivity contribution is 6.01. The molecule has 4 aliphatic carbocycles. The molecule has 0 amide bonds. The number of rotatable bonds is 3. The smallest absolute Gasteiger partial charge is 0.164 e. The molecule has 0 heterocycles. The lowest BCUT2D eigenvalue weighted by atomic mass is 9.63. The zero-order chi connectivity index (χ0) is 22.4. The maximum Gasteiger partial charge on any atom is 0.164 e. The summed E-state index contributed by atoms with van der Waals surface area (Å²) in [5.41, 5.74) is 4.48. The molecule has 4 aliphatic rings. The predicted molar refractivity (Wildman–Crippen MR) is 125 cm³/mol. The molecule has 4 fully saturated rings. The Hall–Kier alpha value is -1.45. The Morgan fingerprint density at radius 1 is 1.06 bits per heavy atom. The van der Waals surface area contributed by atoms with Crippen molar-refractivity contribution in [3.05, 3.63) is 47.1 Å². The van der Waals surface area contributed by atoms with Crippen LogP contribution in [0.25, 0.3) is 0 Å². The van der Waals surface area contributed by atoms with E-state index < -0.39 is 12.2 Å². The Kier molecular flexibility index (Phi) is 6.22. The number of Topliss-reactive ketones (excluding diaryl/α,β-unsaturated/α-hetero) is 1. The molecule has 0 aromatic heterocycles. The van der Waals surface area contributed by atoms with Gasteiger partial charge in [0, 0.05) is 11.8 Å². The van der Waals surface area contributed by atoms with Gasteiger partial charge in [0.2, 0.25) is 0 Å². The lowest BCUT2D eigenvalue weighted by Crippen LogP contribution is -2.33. The van der Waals surface area contributed by atoms with Gasteiger partial charge in [-0.1, -0.05) is 51.2 Å². The van der Waals surface area contributed by atoms with Crippen LogP contribution in [0.2, 0.25) is 0 Å². The van der Waals surface area contributed by atoms with E-state index in [2.05, 4.69) is 45.6 Å². The van der Waals surface area contributed by atoms with Gasteiger partial charge in [0.05, 0.1) is 12.2 Å². The van der Waals surface area contributed by atoms with Crippen LogP contribution >= 0.6 is 0 Å². The molecule has 0 saturated heterocycles. The number of aliphatic hydroxyl groups is 2. The van der Waals surface area contributed by atoms with E-state index in [-0.39, 0.29) is 5.41 Å². The third kappa shape index (κ3) is 4.28. The molecule has 0 radical (unpaired) electrons. The van der Waals surface area contributed by atoms with Crippen molar-refractivity contribution in [3.63, 3.8) is 0 Å².